The molecule has 0 aliphatic carbocycles. The molecule has 1 aliphatic rings. The maximum atomic E-state index is 12.7. The van der Waals surface area contributed by atoms with Gasteiger partial charge in [-0.3, -0.25) is 4.79 Å². The largest absolute Gasteiger partial charge is 0.398 e. The molecule has 1 heterocycles. The Hall–Kier alpha value is -2.29. The van der Waals surface area contributed by atoms with Gasteiger partial charge in [-0.15, -0.1) is 0 Å². The molecule has 1 aliphatic heterocycles. The standard InChI is InChI=1S/C19H22N2O/c20-18-11-5-4-10-17(18)19(22)21-13-6-9-16(12-14-21)15-7-2-1-3-8-15/h1-5,7-8,10-11,16H,6,9,12-14,20H2. The molecule has 1 saturated heterocycles. The van der Waals surface area contributed by atoms with Crippen LogP contribution < -0.4 is 5.73 Å². The Kier molecular flexibility index (Phi) is 4.42. The first kappa shape index (κ1) is 14.6. The van der Waals surface area contributed by atoms with Crippen molar-refractivity contribution in [3.8, 4) is 0 Å². The van der Waals surface area contributed by atoms with Gasteiger partial charge in [0, 0.05) is 18.8 Å². The number of nitrogens with zero attached hydrogens (tertiary/aromatic N) is 1. The van der Waals surface area contributed by atoms with Crippen LogP contribution in [0.1, 0.15) is 41.1 Å². The molecule has 3 heteroatoms. The number of hydrogen-bond donors (Lipinski definition) is 1. The van der Waals surface area contributed by atoms with Gasteiger partial charge in [0.1, 0.15) is 0 Å². The second-order valence-electron chi connectivity index (χ2n) is 5.92. The second kappa shape index (κ2) is 6.65. The van der Waals surface area contributed by atoms with E-state index in [1.807, 2.05) is 29.2 Å². The minimum Gasteiger partial charge on any atom is -0.398 e. The minimum absolute atomic E-state index is 0.0619. The number of carbonyl (C=O) groups excluding carboxylic acids is 1. The van der Waals surface area contributed by atoms with Crippen LogP contribution in [0.25, 0.3) is 0 Å². The summed E-state index contributed by atoms with van der Waals surface area (Å²) in [7, 11) is 0. The Morgan fingerprint density at radius 2 is 1.68 bits per heavy atom. The maximum Gasteiger partial charge on any atom is 0.255 e. The average molecular weight is 294 g/mol. The summed E-state index contributed by atoms with van der Waals surface area (Å²) >= 11 is 0. The fourth-order valence-electron chi connectivity index (χ4n) is 3.22. The lowest BCUT2D eigenvalue weighted by Gasteiger charge is -2.21. The summed E-state index contributed by atoms with van der Waals surface area (Å²) in [5.74, 6) is 0.610. The highest BCUT2D eigenvalue weighted by Crippen LogP contribution is 2.28. The summed E-state index contributed by atoms with van der Waals surface area (Å²) in [6, 6.07) is 18.0. The van der Waals surface area contributed by atoms with Crippen molar-refractivity contribution in [2.75, 3.05) is 18.8 Å². The van der Waals surface area contributed by atoms with Crippen LogP contribution in [0.5, 0.6) is 0 Å². The highest BCUT2D eigenvalue weighted by molar-refractivity contribution is 5.99. The lowest BCUT2D eigenvalue weighted by molar-refractivity contribution is 0.0762. The normalized spacial score (nSPS) is 18.7. The van der Waals surface area contributed by atoms with E-state index in [9.17, 15) is 4.79 Å². The van der Waals surface area contributed by atoms with E-state index >= 15 is 0 Å². The number of rotatable bonds is 2. The van der Waals surface area contributed by atoms with Crippen molar-refractivity contribution in [2.24, 2.45) is 0 Å². The van der Waals surface area contributed by atoms with Crippen molar-refractivity contribution in [2.45, 2.75) is 25.2 Å². The zero-order valence-corrected chi connectivity index (χ0v) is 12.7. The molecule has 0 bridgehead atoms. The Balaban J connectivity index is 1.70. The van der Waals surface area contributed by atoms with Crippen LogP contribution in [0.15, 0.2) is 54.6 Å². The van der Waals surface area contributed by atoms with Crippen molar-refractivity contribution < 1.29 is 4.79 Å². The van der Waals surface area contributed by atoms with Crippen molar-refractivity contribution in [1.29, 1.82) is 0 Å². The van der Waals surface area contributed by atoms with Crippen LogP contribution >= 0.6 is 0 Å². The molecule has 3 rings (SSSR count). The number of carbonyl (C=O) groups is 1. The van der Waals surface area contributed by atoms with E-state index in [2.05, 4.69) is 24.3 Å². The van der Waals surface area contributed by atoms with Crippen molar-refractivity contribution >= 4 is 11.6 Å². The van der Waals surface area contributed by atoms with Gasteiger partial charge >= 0.3 is 0 Å². The molecule has 1 fully saturated rings. The van der Waals surface area contributed by atoms with E-state index < -0.39 is 0 Å². The van der Waals surface area contributed by atoms with E-state index in [0.29, 0.717) is 17.2 Å². The molecular formula is C19H22N2O. The van der Waals surface area contributed by atoms with Crippen molar-refractivity contribution in [3.05, 3.63) is 65.7 Å². The van der Waals surface area contributed by atoms with Crippen LogP contribution in [0.3, 0.4) is 0 Å². The summed E-state index contributed by atoms with van der Waals surface area (Å²) in [5, 5.41) is 0. The molecule has 114 valence electrons. The molecule has 0 saturated carbocycles. The first-order valence-corrected chi connectivity index (χ1v) is 7.94. The number of nitrogens with two attached hydrogens (primary N) is 1. The molecule has 3 nitrogen and oxygen atoms in total. The third-order valence-electron chi connectivity index (χ3n) is 4.48. The van der Waals surface area contributed by atoms with Crippen LogP contribution in [-0.2, 0) is 0 Å². The molecule has 1 atom stereocenters. The minimum atomic E-state index is 0.0619. The fourth-order valence-corrected chi connectivity index (χ4v) is 3.22. The number of hydrogen-bond acceptors (Lipinski definition) is 2. The molecule has 0 spiro atoms. The molecule has 2 aromatic rings. The predicted molar refractivity (Wildman–Crippen MR) is 89.8 cm³/mol. The average Bonchev–Trinajstić information content (AvgIpc) is 2.81. The van der Waals surface area contributed by atoms with Crippen molar-refractivity contribution in [3.63, 3.8) is 0 Å². The van der Waals surface area contributed by atoms with E-state index in [0.717, 1.165) is 32.4 Å². The van der Waals surface area contributed by atoms with Crippen LogP contribution in [0.2, 0.25) is 0 Å². The van der Waals surface area contributed by atoms with E-state index in [1.54, 1.807) is 6.07 Å². The zero-order valence-electron chi connectivity index (χ0n) is 12.7. The first-order chi connectivity index (χ1) is 10.8. The number of benzene rings is 2. The maximum absolute atomic E-state index is 12.7. The van der Waals surface area contributed by atoms with Gasteiger partial charge in [-0.25, -0.2) is 0 Å². The molecule has 22 heavy (non-hydrogen) atoms. The fraction of sp³-hybridized carbons (Fsp3) is 0.316. The van der Waals surface area contributed by atoms with E-state index in [-0.39, 0.29) is 5.91 Å². The molecule has 1 unspecified atom stereocenters. The molecular weight excluding hydrogens is 272 g/mol. The van der Waals surface area contributed by atoms with Gasteiger partial charge in [-0.2, -0.15) is 0 Å². The highest BCUT2D eigenvalue weighted by atomic mass is 16.2. The van der Waals surface area contributed by atoms with Crippen LogP contribution in [0.4, 0.5) is 5.69 Å². The van der Waals surface area contributed by atoms with Gasteiger partial charge in [0.25, 0.3) is 5.91 Å². The number of para-hydroxylation sites is 1. The third kappa shape index (κ3) is 3.14. The summed E-state index contributed by atoms with van der Waals surface area (Å²) in [4.78, 5) is 14.6. The van der Waals surface area contributed by atoms with E-state index in [4.69, 9.17) is 5.73 Å². The Morgan fingerprint density at radius 1 is 0.955 bits per heavy atom. The molecule has 0 aromatic heterocycles. The van der Waals surface area contributed by atoms with Crippen LogP contribution in [0, 0.1) is 0 Å². The lowest BCUT2D eigenvalue weighted by Crippen LogP contribution is -2.32. The summed E-state index contributed by atoms with van der Waals surface area (Å²) in [6.07, 6.45) is 3.19. The van der Waals surface area contributed by atoms with Crippen molar-refractivity contribution in [1.82, 2.24) is 4.90 Å². The topological polar surface area (TPSA) is 46.3 Å². The van der Waals surface area contributed by atoms with Gasteiger partial charge < -0.3 is 10.6 Å². The Morgan fingerprint density at radius 3 is 2.45 bits per heavy atom. The van der Waals surface area contributed by atoms with Gasteiger partial charge in [0.15, 0.2) is 0 Å². The number of nitrogen functional groups attached to an aromatic ring is 1. The van der Waals surface area contributed by atoms with Gasteiger partial charge in [0.2, 0.25) is 0 Å². The monoisotopic (exact) mass is 294 g/mol. The smallest absolute Gasteiger partial charge is 0.255 e. The van der Waals surface area contributed by atoms with E-state index in [1.165, 1.54) is 5.56 Å². The SMILES string of the molecule is Nc1ccccc1C(=O)N1CCCC(c2ccccc2)CC1. The van der Waals surface area contributed by atoms with Gasteiger partial charge in [-0.1, -0.05) is 42.5 Å². The lowest BCUT2D eigenvalue weighted by atomic mass is 9.92. The number of anilines is 1. The second-order valence-corrected chi connectivity index (χ2v) is 5.92. The Bertz CT molecular complexity index is 639. The van der Waals surface area contributed by atoms with Gasteiger partial charge in [-0.05, 0) is 42.9 Å². The summed E-state index contributed by atoms with van der Waals surface area (Å²) in [5.41, 5.74) is 8.51. The molecule has 2 N–H and O–H groups in total. The predicted octanol–water partition coefficient (Wildman–Crippen LogP) is 3.68. The first-order valence-electron chi connectivity index (χ1n) is 7.94. The van der Waals surface area contributed by atoms with Crippen LogP contribution in [-0.4, -0.2) is 23.9 Å². The summed E-state index contributed by atoms with van der Waals surface area (Å²) < 4.78 is 0. The molecule has 0 radical (unpaired) electrons. The molecule has 2 aromatic carbocycles. The Labute approximate surface area is 131 Å². The molecule has 1 amide bonds. The quantitative estimate of drug-likeness (QED) is 0.859. The number of likely N-dealkylation sites (tertiary alicyclic amines) is 1. The summed E-state index contributed by atoms with van der Waals surface area (Å²) in [6.45, 7) is 1.61. The number of amides is 1. The highest BCUT2D eigenvalue weighted by Gasteiger charge is 2.23. The van der Waals surface area contributed by atoms with Gasteiger partial charge in [0.05, 0.1) is 5.56 Å². The zero-order chi connectivity index (χ0) is 15.4. The third-order valence-corrected chi connectivity index (χ3v) is 4.48.